The van der Waals surface area contributed by atoms with Crippen LogP contribution in [0.15, 0.2) is 42.5 Å². The first kappa shape index (κ1) is 36.4. The minimum Gasteiger partial charge on any atom is -0.780 e. The van der Waals surface area contributed by atoms with E-state index in [0.717, 1.165) is 12.7 Å². The number of rotatable bonds is 7. The van der Waals surface area contributed by atoms with Gasteiger partial charge in [-0.1, -0.05) is 42.5 Å². The van der Waals surface area contributed by atoms with Crippen LogP contribution in [0.5, 0.6) is 17.2 Å². The van der Waals surface area contributed by atoms with Gasteiger partial charge in [0.05, 0.1) is 7.11 Å². The molecule has 0 N–H and O–H groups in total. The summed E-state index contributed by atoms with van der Waals surface area (Å²) in [6, 6.07) is 11.3. The van der Waals surface area contributed by atoms with Crippen molar-refractivity contribution in [2.75, 3.05) is 7.11 Å². The molecule has 2 aromatic carbocycles. The minimum atomic E-state index is -5.60. The van der Waals surface area contributed by atoms with Gasteiger partial charge in [-0.3, -0.25) is 0 Å². The van der Waals surface area contributed by atoms with Crippen molar-refractivity contribution < 1.29 is 161 Å². The molecule has 0 radical (unpaired) electrons. The molecule has 0 aliphatic heterocycles. The Balaban J connectivity index is -0.00000182. The molecule has 15 heteroatoms. The number of phosphoric ester groups is 2. The number of benzene rings is 2. The Morgan fingerprint density at radius 2 is 1.23 bits per heavy atom. The van der Waals surface area contributed by atoms with Crippen LogP contribution in [0.1, 0.15) is 11.1 Å². The summed E-state index contributed by atoms with van der Waals surface area (Å²) in [5.74, 6) is -1.91. The first-order chi connectivity index (χ1) is 12.1. The van der Waals surface area contributed by atoms with E-state index in [2.05, 4.69) is 9.05 Å². The molecule has 0 heterocycles. The van der Waals surface area contributed by atoms with Crippen molar-refractivity contribution in [2.24, 2.45) is 0 Å². The Morgan fingerprint density at radius 3 is 1.70 bits per heavy atom. The summed E-state index contributed by atoms with van der Waals surface area (Å²) in [6.07, 6.45) is 2.90. The molecule has 0 saturated heterocycles. The Bertz CT molecular complexity index is 900. The second-order valence-corrected chi connectivity index (χ2v) is 6.99. The molecular weight excluding hydrogens is 478 g/mol. The van der Waals surface area contributed by atoms with Crippen molar-refractivity contribution in [3.8, 4) is 17.2 Å². The average Bonchev–Trinajstić information content (AvgIpc) is 2.53. The van der Waals surface area contributed by atoms with Crippen LogP contribution in [-0.4, -0.2) is 7.11 Å². The summed E-state index contributed by atoms with van der Waals surface area (Å²) in [5.41, 5.74) is 0.701. The van der Waals surface area contributed by atoms with Gasteiger partial charge in [0.1, 0.15) is 15.6 Å². The monoisotopic (exact) mass is 490 g/mol. The molecule has 0 atom stereocenters. The van der Waals surface area contributed by atoms with E-state index in [-0.39, 0.29) is 130 Å². The van der Waals surface area contributed by atoms with Crippen molar-refractivity contribution >= 4 is 27.8 Å². The van der Waals surface area contributed by atoms with Crippen molar-refractivity contribution in [1.29, 1.82) is 0 Å². The predicted octanol–water partition coefficient (Wildman–Crippen LogP) is -11.7. The van der Waals surface area contributed by atoms with E-state index in [1.807, 2.05) is 0 Å². The second-order valence-electron chi connectivity index (χ2n) is 4.84. The van der Waals surface area contributed by atoms with E-state index in [0.29, 0.717) is 0 Å². The largest absolute Gasteiger partial charge is 1.00 e. The zero-order valence-corrected chi connectivity index (χ0v) is 27.1. The van der Waals surface area contributed by atoms with Crippen LogP contribution in [0, 0.1) is 0 Å². The SMILES string of the molecule is COc1ccc(/C=C/c2ccccc2)c(OP(=O)([O-])[O-])c1OP(=O)([O-])[O-].[Na+].[Na+].[Na+].[Na+]. The maximum atomic E-state index is 11.0. The summed E-state index contributed by atoms with van der Waals surface area (Å²) in [5, 5.41) is 0. The normalized spacial score (nSPS) is 10.6. The Kier molecular flexibility index (Phi) is 20.0. The summed E-state index contributed by atoms with van der Waals surface area (Å²) in [6.45, 7) is 0. The van der Waals surface area contributed by atoms with Crippen LogP contribution in [0.4, 0.5) is 0 Å². The molecular formula is C15H12Na4O9P2. The van der Waals surface area contributed by atoms with Crippen LogP contribution in [-0.2, 0) is 9.13 Å². The van der Waals surface area contributed by atoms with Gasteiger partial charge in [0.25, 0.3) is 0 Å². The van der Waals surface area contributed by atoms with Crippen LogP contribution < -0.4 is 152 Å². The van der Waals surface area contributed by atoms with Crippen LogP contribution in [0.3, 0.4) is 0 Å². The molecule has 140 valence electrons. The average molecular weight is 490 g/mol. The molecule has 2 aromatic rings. The predicted molar refractivity (Wildman–Crippen MR) is 84.8 cm³/mol. The van der Waals surface area contributed by atoms with E-state index in [9.17, 15) is 28.7 Å². The molecule has 9 nitrogen and oxygen atoms in total. The van der Waals surface area contributed by atoms with Crippen LogP contribution in [0.25, 0.3) is 12.2 Å². The van der Waals surface area contributed by atoms with Gasteiger partial charge < -0.3 is 42.5 Å². The van der Waals surface area contributed by atoms with Gasteiger partial charge in [0, 0.05) is 5.56 Å². The van der Waals surface area contributed by atoms with Gasteiger partial charge in [-0.25, -0.2) is 0 Å². The molecule has 0 aliphatic rings. The maximum absolute atomic E-state index is 11.0. The van der Waals surface area contributed by atoms with E-state index in [1.165, 1.54) is 18.2 Å². The Labute approximate surface area is 262 Å². The van der Waals surface area contributed by atoms with Gasteiger partial charge in [-0.05, 0) is 17.7 Å². The molecule has 0 spiro atoms. The van der Waals surface area contributed by atoms with E-state index >= 15 is 0 Å². The molecule has 0 bridgehead atoms. The topological polar surface area (TPSA) is 154 Å². The van der Waals surface area contributed by atoms with Crippen molar-refractivity contribution in [3.63, 3.8) is 0 Å². The molecule has 0 aliphatic carbocycles. The van der Waals surface area contributed by atoms with Crippen molar-refractivity contribution in [1.82, 2.24) is 0 Å². The Morgan fingerprint density at radius 1 is 0.733 bits per heavy atom. The van der Waals surface area contributed by atoms with Gasteiger partial charge in [-0.15, -0.1) is 0 Å². The Hall–Kier alpha value is 1.88. The molecule has 0 amide bonds. The number of phosphoric acid groups is 2. The van der Waals surface area contributed by atoms with Crippen molar-refractivity contribution in [3.05, 3.63) is 53.6 Å². The standard InChI is InChI=1S/C15H16O9P2.4Na/c1-22-13-10-9-12(8-7-11-5-3-2-4-6-11)14(23-25(16,17)18)15(13)24-26(19,20)21;;;;/h2-10H,1H3,(H2,16,17,18)(H2,19,20,21);;;;/q;4*+1/p-4/b8-7+;;;;. The first-order valence-electron chi connectivity index (χ1n) is 6.96. The maximum Gasteiger partial charge on any atom is 1.00 e. The zero-order valence-electron chi connectivity index (χ0n) is 17.3. The number of methoxy groups -OCH3 is 1. The van der Waals surface area contributed by atoms with E-state index in [1.54, 1.807) is 36.4 Å². The fourth-order valence-electron chi connectivity index (χ4n) is 2.01. The van der Waals surface area contributed by atoms with Crippen LogP contribution in [0.2, 0.25) is 0 Å². The summed E-state index contributed by atoms with van der Waals surface area (Å²) >= 11 is 0. The third kappa shape index (κ3) is 12.9. The fourth-order valence-corrected chi connectivity index (χ4v) is 2.81. The van der Waals surface area contributed by atoms with Gasteiger partial charge in [0.2, 0.25) is 5.75 Å². The van der Waals surface area contributed by atoms with Crippen molar-refractivity contribution in [2.45, 2.75) is 0 Å². The summed E-state index contributed by atoms with van der Waals surface area (Å²) < 4.78 is 35.4. The molecule has 30 heavy (non-hydrogen) atoms. The number of hydrogen-bond acceptors (Lipinski definition) is 9. The smallest absolute Gasteiger partial charge is 0.780 e. The molecule has 0 aromatic heterocycles. The van der Waals surface area contributed by atoms with Gasteiger partial charge >= 0.3 is 118 Å². The van der Waals surface area contributed by atoms with Crippen LogP contribution >= 0.6 is 15.6 Å². The summed E-state index contributed by atoms with van der Waals surface area (Å²) in [7, 11) is -10.1. The number of hydrogen-bond donors (Lipinski definition) is 0. The zero-order chi connectivity index (χ0) is 19.4. The third-order valence-corrected chi connectivity index (χ3v) is 3.80. The van der Waals surface area contributed by atoms with E-state index in [4.69, 9.17) is 4.74 Å². The second kappa shape index (κ2) is 16.5. The van der Waals surface area contributed by atoms with Gasteiger partial charge in [0.15, 0.2) is 11.5 Å². The third-order valence-electron chi connectivity index (χ3n) is 2.99. The van der Waals surface area contributed by atoms with E-state index < -0.39 is 27.1 Å². The van der Waals surface area contributed by atoms with Gasteiger partial charge in [-0.2, -0.15) is 0 Å². The molecule has 2 rings (SSSR count). The molecule has 0 unspecified atom stereocenters. The fraction of sp³-hybridized carbons (Fsp3) is 0.0667. The quantitative estimate of drug-likeness (QED) is 0.209. The number of ether oxygens (including phenoxy) is 1. The summed E-state index contributed by atoms with van der Waals surface area (Å²) in [4.78, 5) is 44.0. The first-order valence-corrected chi connectivity index (χ1v) is 9.88. The minimum absolute atomic E-state index is 0. The molecule has 0 fully saturated rings. The molecule has 0 saturated carbocycles.